The maximum Gasteiger partial charge on any atom is 0.329 e. The molecule has 0 amide bonds. The molecule has 0 aliphatic heterocycles. The number of benzene rings is 3. The molecule has 0 saturated heterocycles. The van der Waals surface area contributed by atoms with Gasteiger partial charge in [0.05, 0.1) is 26.9 Å². The maximum absolute atomic E-state index is 12.4. The summed E-state index contributed by atoms with van der Waals surface area (Å²) in [5, 5.41) is 12.9. The van der Waals surface area contributed by atoms with Crippen molar-refractivity contribution in [3.63, 3.8) is 0 Å². The molecule has 2 aliphatic carbocycles. The van der Waals surface area contributed by atoms with Gasteiger partial charge in [0.1, 0.15) is 22.6 Å². The highest BCUT2D eigenvalue weighted by Gasteiger charge is 2.50. The summed E-state index contributed by atoms with van der Waals surface area (Å²) >= 11 is 0. The van der Waals surface area contributed by atoms with Gasteiger partial charge in [-0.3, -0.25) is 4.79 Å². The number of Topliss-reactive ketones (excluding diaryl/α,β-unsaturated/α-hetero) is 1. The number of nitrogens with one attached hydrogen (secondary N) is 1. The topological polar surface area (TPSA) is 94.1 Å². The first-order chi connectivity index (χ1) is 18.3. The Hall–Kier alpha value is -3.84. The molecule has 1 saturated carbocycles. The van der Waals surface area contributed by atoms with Crippen molar-refractivity contribution >= 4 is 17.4 Å². The molecule has 0 bridgehead atoms. The Morgan fingerprint density at radius 2 is 1.68 bits per heavy atom. The third-order valence-electron chi connectivity index (χ3n) is 7.70. The lowest BCUT2D eigenvalue weighted by Crippen LogP contribution is -2.31. The minimum Gasteiger partial charge on any atom is -0.496 e. The standard InChI is InChI=1S/C31H33NO6/c1-18-26(16-27(36-3)28(19(2)33)29(18)37-4)25-10-9-23(32-31(11-12-31)30(34)35)13-22(25)17-38-24-14-20-7-5-6-8-21(20)15-24/h5-10,13,16,24,32H,11-12,14-15,17H2,1-4H3,(H,34,35). The number of hydrogen-bond acceptors (Lipinski definition) is 6. The molecule has 198 valence electrons. The lowest BCUT2D eigenvalue weighted by atomic mass is 9.92. The number of carboxylic acids is 1. The van der Waals surface area contributed by atoms with Crippen LogP contribution in [0.5, 0.6) is 11.5 Å². The monoisotopic (exact) mass is 515 g/mol. The van der Waals surface area contributed by atoms with Crippen LogP contribution in [0, 0.1) is 6.92 Å². The number of ketones is 1. The fourth-order valence-corrected chi connectivity index (χ4v) is 5.45. The highest BCUT2D eigenvalue weighted by atomic mass is 16.5. The summed E-state index contributed by atoms with van der Waals surface area (Å²) in [4.78, 5) is 24.2. The Morgan fingerprint density at radius 3 is 2.24 bits per heavy atom. The van der Waals surface area contributed by atoms with Gasteiger partial charge in [0, 0.05) is 5.69 Å². The van der Waals surface area contributed by atoms with Crippen LogP contribution in [0.2, 0.25) is 0 Å². The van der Waals surface area contributed by atoms with Gasteiger partial charge in [-0.1, -0.05) is 30.3 Å². The molecule has 2 aliphatic rings. The highest BCUT2D eigenvalue weighted by Crippen LogP contribution is 2.43. The number of methoxy groups -OCH3 is 2. The molecule has 3 aromatic carbocycles. The van der Waals surface area contributed by atoms with Gasteiger partial charge in [0.2, 0.25) is 0 Å². The SMILES string of the molecule is COc1cc(-c2ccc(NC3(C(=O)O)CC3)cc2COC2Cc3ccccc3C2)c(C)c(OC)c1C(C)=O. The van der Waals surface area contributed by atoms with Gasteiger partial charge in [0.15, 0.2) is 5.78 Å². The van der Waals surface area contributed by atoms with Gasteiger partial charge >= 0.3 is 5.97 Å². The van der Waals surface area contributed by atoms with Gasteiger partial charge < -0.3 is 24.6 Å². The van der Waals surface area contributed by atoms with Crippen molar-refractivity contribution in [3.05, 3.63) is 76.3 Å². The van der Waals surface area contributed by atoms with E-state index in [0.29, 0.717) is 36.5 Å². The van der Waals surface area contributed by atoms with E-state index in [9.17, 15) is 14.7 Å². The summed E-state index contributed by atoms with van der Waals surface area (Å²) in [5.41, 5.74) is 6.38. The van der Waals surface area contributed by atoms with Crippen LogP contribution in [0.25, 0.3) is 11.1 Å². The second-order valence-corrected chi connectivity index (χ2v) is 10.2. The van der Waals surface area contributed by atoms with Crippen LogP contribution in [0.1, 0.15) is 52.4 Å². The van der Waals surface area contributed by atoms with E-state index in [0.717, 1.165) is 40.8 Å². The molecular formula is C31H33NO6. The molecule has 5 rings (SSSR count). The zero-order valence-corrected chi connectivity index (χ0v) is 22.2. The summed E-state index contributed by atoms with van der Waals surface area (Å²) in [7, 11) is 3.09. The lowest BCUT2D eigenvalue weighted by molar-refractivity contribution is -0.138. The number of anilines is 1. The van der Waals surface area contributed by atoms with Gasteiger partial charge in [-0.15, -0.1) is 0 Å². The smallest absolute Gasteiger partial charge is 0.329 e. The predicted octanol–water partition coefficient (Wildman–Crippen LogP) is 5.59. The molecule has 7 heteroatoms. The van der Waals surface area contributed by atoms with E-state index in [-0.39, 0.29) is 11.9 Å². The molecule has 38 heavy (non-hydrogen) atoms. The molecule has 0 heterocycles. The normalized spacial score (nSPS) is 15.6. The first-order valence-corrected chi connectivity index (χ1v) is 12.9. The molecule has 0 unspecified atom stereocenters. The van der Waals surface area contributed by atoms with Crippen molar-refractivity contribution in [1.29, 1.82) is 0 Å². The van der Waals surface area contributed by atoms with Gasteiger partial charge in [-0.05, 0) is 91.1 Å². The van der Waals surface area contributed by atoms with Gasteiger partial charge in [0.25, 0.3) is 0 Å². The van der Waals surface area contributed by atoms with E-state index < -0.39 is 11.5 Å². The highest BCUT2D eigenvalue weighted by molar-refractivity contribution is 6.01. The largest absolute Gasteiger partial charge is 0.496 e. The molecule has 3 aromatic rings. The molecule has 0 spiro atoms. The van der Waals surface area contributed by atoms with Crippen molar-refractivity contribution in [3.8, 4) is 22.6 Å². The summed E-state index contributed by atoms with van der Waals surface area (Å²) in [6.45, 7) is 3.77. The van der Waals surface area contributed by atoms with Crippen molar-refractivity contribution < 1.29 is 28.9 Å². The fraction of sp³-hybridized carbons (Fsp3) is 0.355. The number of fused-ring (bicyclic) bond motifs is 1. The first kappa shape index (κ1) is 25.8. The average Bonchev–Trinajstić information content (AvgIpc) is 3.57. The summed E-state index contributed by atoms with van der Waals surface area (Å²) in [6, 6.07) is 16.1. The predicted molar refractivity (Wildman–Crippen MR) is 145 cm³/mol. The Kier molecular flexibility index (Phi) is 6.88. The van der Waals surface area contributed by atoms with E-state index in [1.165, 1.54) is 25.2 Å². The van der Waals surface area contributed by atoms with E-state index in [2.05, 4.69) is 29.6 Å². The van der Waals surface area contributed by atoms with Crippen LogP contribution in [0.3, 0.4) is 0 Å². The third-order valence-corrected chi connectivity index (χ3v) is 7.70. The van der Waals surface area contributed by atoms with Crippen molar-refractivity contribution in [2.45, 2.75) is 57.8 Å². The van der Waals surface area contributed by atoms with Crippen molar-refractivity contribution in [2.24, 2.45) is 0 Å². The molecular weight excluding hydrogens is 482 g/mol. The maximum atomic E-state index is 12.4. The van der Waals surface area contributed by atoms with Crippen molar-refractivity contribution in [1.82, 2.24) is 0 Å². The average molecular weight is 516 g/mol. The number of carbonyl (C=O) groups excluding carboxylic acids is 1. The zero-order valence-electron chi connectivity index (χ0n) is 22.2. The lowest BCUT2D eigenvalue weighted by Gasteiger charge is -2.21. The number of carbonyl (C=O) groups is 2. The van der Waals surface area contributed by atoms with Crippen LogP contribution >= 0.6 is 0 Å². The number of ether oxygens (including phenoxy) is 3. The quantitative estimate of drug-likeness (QED) is 0.340. The molecule has 1 fully saturated rings. The number of carboxylic acid groups (broad SMARTS) is 1. The Morgan fingerprint density at radius 1 is 1.00 bits per heavy atom. The van der Waals surface area contributed by atoms with E-state index in [4.69, 9.17) is 14.2 Å². The number of hydrogen-bond donors (Lipinski definition) is 2. The third kappa shape index (κ3) is 4.74. The Balaban J connectivity index is 1.53. The van der Waals surface area contributed by atoms with Gasteiger partial charge in [-0.25, -0.2) is 4.79 Å². The second-order valence-electron chi connectivity index (χ2n) is 10.2. The summed E-state index contributed by atoms with van der Waals surface area (Å²) in [6.07, 6.45) is 2.97. The minimum atomic E-state index is -0.905. The van der Waals surface area contributed by atoms with Crippen LogP contribution < -0.4 is 14.8 Å². The van der Waals surface area contributed by atoms with Gasteiger partial charge in [-0.2, -0.15) is 0 Å². The molecule has 2 N–H and O–H groups in total. The molecule has 7 nitrogen and oxygen atoms in total. The fourth-order valence-electron chi connectivity index (χ4n) is 5.45. The van der Waals surface area contributed by atoms with E-state index in [1.54, 1.807) is 7.11 Å². The molecule has 0 aromatic heterocycles. The summed E-state index contributed by atoms with van der Waals surface area (Å²) in [5.74, 6) is -0.0538. The van der Waals surface area contributed by atoms with Crippen LogP contribution in [0.15, 0.2) is 48.5 Å². The first-order valence-electron chi connectivity index (χ1n) is 12.9. The zero-order chi connectivity index (χ0) is 27.0. The number of aliphatic carboxylic acids is 1. The van der Waals surface area contributed by atoms with Crippen LogP contribution in [-0.2, 0) is 29.0 Å². The molecule has 0 atom stereocenters. The minimum absolute atomic E-state index is 0.0657. The van der Waals surface area contributed by atoms with E-state index >= 15 is 0 Å². The van der Waals surface area contributed by atoms with Crippen LogP contribution in [-0.4, -0.2) is 42.7 Å². The van der Waals surface area contributed by atoms with E-state index in [1.807, 2.05) is 31.2 Å². The van der Waals surface area contributed by atoms with Crippen molar-refractivity contribution in [2.75, 3.05) is 19.5 Å². The summed E-state index contributed by atoms with van der Waals surface area (Å²) < 4.78 is 17.7. The Labute approximate surface area is 222 Å². The second kappa shape index (κ2) is 10.1. The Bertz CT molecular complexity index is 1380. The van der Waals surface area contributed by atoms with Crippen LogP contribution in [0.4, 0.5) is 5.69 Å². The molecule has 0 radical (unpaired) electrons. The number of rotatable bonds is 10.